The van der Waals surface area contributed by atoms with Crippen molar-refractivity contribution in [1.82, 2.24) is 15.0 Å². The zero-order valence-electron chi connectivity index (χ0n) is 13.5. The Morgan fingerprint density at radius 3 is 2.96 bits per heavy atom. The molecule has 0 bridgehead atoms. The number of aryl methyl sites for hydroxylation is 2. The van der Waals surface area contributed by atoms with Crippen LogP contribution in [0.1, 0.15) is 29.7 Å². The third-order valence-corrected chi connectivity index (χ3v) is 5.55. The molecule has 0 aromatic carbocycles. The van der Waals surface area contributed by atoms with E-state index < -0.39 is 0 Å². The van der Waals surface area contributed by atoms with Gasteiger partial charge < -0.3 is 10.4 Å². The van der Waals surface area contributed by atoms with E-state index in [0.717, 1.165) is 29.1 Å². The van der Waals surface area contributed by atoms with Crippen LogP contribution in [0.5, 0.6) is 0 Å². The molecular weight excluding hydrogens is 320 g/mol. The molecule has 3 aromatic heterocycles. The number of nitrogens with zero attached hydrogens (tertiary/aromatic N) is 3. The lowest BCUT2D eigenvalue weighted by Gasteiger charge is -2.13. The van der Waals surface area contributed by atoms with Crippen molar-refractivity contribution >= 4 is 27.4 Å². The molecular formula is C18H20N4OS. The third kappa shape index (κ3) is 2.87. The van der Waals surface area contributed by atoms with E-state index in [2.05, 4.69) is 10.3 Å². The molecule has 0 unspecified atom stereocenters. The van der Waals surface area contributed by atoms with E-state index in [1.54, 1.807) is 23.7 Å². The summed E-state index contributed by atoms with van der Waals surface area (Å²) in [6.07, 6.45) is 9.02. The van der Waals surface area contributed by atoms with Gasteiger partial charge in [0.15, 0.2) is 5.82 Å². The smallest absolute Gasteiger partial charge is 0.164 e. The van der Waals surface area contributed by atoms with Gasteiger partial charge in [-0.1, -0.05) is 0 Å². The minimum absolute atomic E-state index is 0.179. The monoisotopic (exact) mass is 340 g/mol. The normalized spacial score (nSPS) is 13.9. The molecule has 24 heavy (non-hydrogen) atoms. The summed E-state index contributed by atoms with van der Waals surface area (Å²) < 4.78 is 0. The molecule has 4 rings (SSSR count). The van der Waals surface area contributed by atoms with Crippen LogP contribution < -0.4 is 5.32 Å². The number of hydrogen-bond acceptors (Lipinski definition) is 6. The van der Waals surface area contributed by atoms with Gasteiger partial charge in [-0.3, -0.25) is 4.98 Å². The fourth-order valence-corrected chi connectivity index (χ4v) is 4.46. The molecule has 0 fully saturated rings. The number of anilines is 1. The van der Waals surface area contributed by atoms with Crippen LogP contribution in [0.3, 0.4) is 0 Å². The van der Waals surface area contributed by atoms with Crippen LogP contribution in [0.2, 0.25) is 0 Å². The number of thiophene rings is 1. The van der Waals surface area contributed by atoms with E-state index in [-0.39, 0.29) is 6.61 Å². The van der Waals surface area contributed by atoms with Gasteiger partial charge in [-0.25, -0.2) is 9.97 Å². The van der Waals surface area contributed by atoms with E-state index in [1.165, 1.54) is 28.7 Å². The quantitative estimate of drug-likeness (QED) is 0.696. The summed E-state index contributed by atoms with van der Waals surface area (Å²) in [5.74, 6) is 1.60. The molecule has 0 saturated heterocycles. The van der Waals surface area contributed by atoms with Crippen LogP contribution in [0.25, 0.3) is 21.6 Å². The zero-order chi connectivity index (χ0) is 16.4. The first-order chi connectivity index (χ1) is 11.9. The molecule has 0 saturated carbocycles. The lowest BCUT2D eigenvalue weighted by molar-refractivity contribution is 0.292. The highest BCUT2D eigenvalue weighted by Gasteiger charge is 2.21. The largest absolute Gasteiger partial charge is 0.396 e. The van der Waals surface area contributed by atoms with Crippen molar-refractivity contribution in [3.8, 4) is 11.4 Å². The minimum atomic E-state index is 0.179. The second-order valence-corrected chi connectivity index (χ2v) is 7.12. The highest BCUT2D eigenvalue weighted by atomic mass is 32.1. The van der Waals surface area contributed by atoms with Gasteiger partial charge in [0.25, 0.3) is 0 Å². The summed E-state index contributed by atoms with van der Waals surface area (Å²) in [6.45, 7) is 0.887. The van der Waals surface area contributed by atoms with Gasteiger partial charge in [-0.15, -0.1) is 11.3 Å². The van der Waals surface area contributed by atoms with Crippen molar-refractivity contribution in [1.29, 1.82) is 0 Å². The first-order valence-corrected chi connectivity index (χ1v) is 9.26. The number of aliphatic hydroxyl groups excluding tert-OH is 1. The Balaban J connectivity index is 1.85. The van der Waals surface area contributed by atoms with E-state index in [1.807, 2.05) is 12.1 Å². The molecule has 3 aromatic rings. The van der Waals surface area contributed by atoms with E-state index >= 15 is 0 Å². The zero-order valence-corrected chi connectivity index (χ0v) is 14.3. The number of nitrogens with one attached hydrogen (secondary N) is 1. The maximum Gasteiger partial charge on any atom is 0.164 e. The molecule has 5 nitrogen and oxygen atoms in total. The first-order valence-electron chi connectivity index (χ1n) is 8.44. The second kappa shape index (κ2) is 6.83. The van der Waals surface area contributed by atoms with Gasteiger partial charge >= 0.3 is 0 Å². The summed E-state index contributed by atoms with van der Waals surface area (Å²) in [5.41, 5.74) is 2.35. The molecule has 1 aliphatic rings. The Labute approximate surface area is 144 Å². The van der Waals surface area contributed by atoms with E-state index in [0.29, 0.717) is 18.8 Å². The van der Waals surface area contributed by atoms with Crippen molar-refractivity contribution in [3.63, 3.8) is 0 Å². The molecule has 1 aliphatic carbocycles. The fraction of sp³-hybridized carbons (Fsp3) is 0.389. The number of hydrogen-bond donors (Lipinski definition) is 2. The van der Waals surface area contributed by atoms with Crippen molar-refractivity contribution in [2.45, 2.75) is 32.1 Å². The Bertz CT molecular complexity index is 847. The lowest BCUT2D eigenvalue weighted by atomic mass is 9.97. The number of pyridine rings is 1. The summed E-state index contributed by atoms with van der Waals surface area (Å²) in [5, 5.41) is 13.7. The summed E-state index contributed by atoms with van der Waals surface area (Å²) >= 11 is 1.80. The Morgan fingerprint density at radius 2 is 2.12 bits per heavy atom. The molecule has 2 N–H and O–H groups in total. The van der Waals surface area contributed by atoms with Gasteiger partial charge in [-0.05, 0) is 49.8 Å². The van der Waals surface area contributed by atoms with Gasteiger partial charge in [0.2, 0.25) is 0 Å². The molecule has 6 heteroatoms. The average molecular weight is 340 g/mol. The number of fused-ring (bicyclic) bond motifs is 3. The molecule has 0 amide bonds. The van der Waals surface area contributed by atoms with Gasteiger partial charge in [0.1, 0.15) is 10.6 Å². The van der Waals surface area contributed by atoms with Crippen molar-refractivity contribution < 1.29 is 5.11 Å². The summed E-state index contributed by atoms with van der Waals surface area (Å²) in [6, 6.07) is 3.89. The van der Waals surface area contributed by atoms with Gasteiger partial charge in [0, 0.05) is 36.0 Å². The Kier molecular flexibility index (Phi) is 4.40. The van der Waals surface area contributed by atoms with Gasteiger partial charge in [-0.2, -0.15) is 0 Å². The highest BCUT2D eigenvalue weighted by molar-refractivity contribution is 7.19. The SMILES string of the molecule is OCCCNc1nc(-c2cccnc2)nc2sc3c(c12)CCCC3. The maximum atomic E-state index is 9.06. The Hall–Kier alpha value is -2.05. The first kappa shape index (κ1) is 15.5. The van der Waals surface area contributed by atoms with Gasteiger partial charge in [0.05, 0.1) is 5.39 Å². The molecule has 0 aliphatic heterocycles. The predicted molar refractivity (Wildman–Crippen MR) is 97.5 cm³/mol. The van der Waals surface area contributed by atoms with Crippen LogP contribution in [0.4, 0.5) is 5.82 Å². The summed E-state index contributed by atoms with van der Waals surface area (Å²) in [4.78, 5) is 16.3. The number of aromatic nitrogens is 3. The van der Waals surface area contributed by atoms with Crippen molar-refractivity contribution in [3.05, 3.63) is 35.0 Å². The minimum Gasteiger partial charge on any atom is -0.396 e. The third-order valence-electron chi connectivity index (χ3n) is 4.36. The second-order valence-electron chi connectivity index (χ2n) is 6.03. The van der Waals surface area contributed by atoms with Crippen molar-refractivity contribution in [2.75, 3.05) is 18.5 Å². The van der Waals surface area contributed by atoms with Crippen LogP contribution in [-0.2, 0) is 12.8 Å². The Morgan fingerprint density at radius 1 is 1.21 bits per heavy atom. The van der Waals surface area contributed by atoms with Crippen LogP contribution in [0.15, 0.2) is 24.5 Å². The van der Waals surface area contributed by atoms with E-state index in [4.69, 9.17) is 15.1 Å². The number of aliphatic hydroxyl groups is 1. The van der Waals surface area contributed by atoms with Crippen molar-refractivity contribution in [2.24, 2.45) is 0 Å². The number of rotatable bonds is 5. The summed E-state index contributed by atoms with van der Waals surface area (Å²) in [7, 11) is 0. The molecule has 3 heterocycles. The van der Waals surface area contributed by atoms with Crippen LogP contribution in [0, 0.1) is 0 Å². The maximum absolute atomic E-state index is 9.06. The van der Waals surface area contributed by atoms with E-state index in [9.17, 15) is 0 Å². The molecule has 0 radical (unpaired) electrons. The fourth-order valence-electron chi connectivity index (χ4n) is 3.20. The lowest BCUT2D eigenvalue weighted by Crippen LogP contribution is -2.08. The topological polar surface area (TPSA) is 70.9 Å². The molecule has 124 valence electrons. The molecule has 0 atom stereocenters. The highest BCUT2D eigenvalue weighted by Crippen LogP contribution is 2.39. The standard InChI is InChI=1S/C18H20N4OS/c23-10-4-9-20-17-15-13-6-1-2-7-14(13)24-18(15)22-16(21-17)12-5-3-8-19-11-12/h3,5,8,11,23H,1-2,4,6-7,9-10H2,(H,20,21,22). The predicted octanol–water partition coefficient (Wildman–Crippen LogP) is 3.43. The molecule has 0 spiro atoms. The van der Waals surface area contributed by atoms with Crippen LogP contribution >= 0.6 is 11.3 Å². The average Bonchev–Trinajstić information content (AvgIpc) is 3.01. The van der Waals surface area contributed by atoms with Crippen LogP contribution in [-0.4, -0.2) is 33.2 Å².